The largest absolute Gasteiger partial charge is 0.387 e. The van der Waals surface area contributed by atoms with E-state index in [0.717, 1.165) is 29.9 Å². The molecule has 0 aliphatic carbocycles. The number of benzene rings is 1. The number of hydrogen-bond donors (Lipinski definition) is 0. The van der Waals surface area contributed by atoms with Crippen molar-refractivity contribution in [3.8, 4) is 0 Å². The molecule has 2 atom stereocenters. The Morgan fingerprint density at radius 3 is 2.38 bits per heavy atom. The fourth-order valence-electron chi connectivity index (χ4n) is 3.97. The van der Waals surface area contributed by atoms with Crippen LogP contribution in [0.25, 0.3) is 0 Å². The van der Waals surface area contributed by atoms with Crippen LogP contribution in [0, 0.1) is 0 Å². The molecule has 5 heteroatoms. The Hall–Kier alpha value is -4.12. The van der Waals surface area contributed by atoms with Crippen LogP contribution >= 0.6 is 0 Å². The molecule has 0 bridgehead atoms. The molecular weight excluding hydrogens is 420 g/mol. The number of allylic oxidation sites excluding steroid dienone is 2. The van der Waals surface area contributed by atoms with Crippen LogP contribution in [0.15, 0.2) is 126 Å². The fourth-order valence-corrected chi connectivity index (χ4v) is 3.97. The molecule has 1 aromatic carbocycles. The molecule has 0 saturated heterocycles. The van der Waals surface area contributed by atoms with E-state index in [9.17, 15) is 0 Å². The molecule has 4 heterocycles. The average Bonchev–Trinajstić information content (AvgIpc) is 3.60. The van der Waals surface area contributed by atoms with Gasteiger partial charge in [-0.2, -0.15) is 0 Å². The van der Waals surface area contributed by atoms with Gasteiger partial charge in [-0.1, -0.05) is 72.9 Å². The minimum Gasteiger partial charge on any atom is -0.387 e. The molecule has 0 spiro atoms. The minimum absolute atomic E-state index is 0.0810. The zero-order chi connectivity index (χ0) is 23.6. The first kappa shape index (κ1) is 23.1. The normalized spacial score (nSPS) is 19.2. The summed E-state index contributed by atoms with van der Waals surface area (Å²) in [5, 5.41) is 4.07. The van der Waals surface area contributed by atoms with Crippen molar-refractivity contribution in [2.75, 3.05) is 6.54 Å². The first-order valence-electron chi connectivity index (χ1n) is 11.4. The van der Waals surface area contributed by atoms with E-state index in [1.54, 1.807) is 18.3 Å². The van der Waals surface area contributed by atoms with E-state index in [-0.39, 0.29) is 6.10 Å². The number of aliphatic imine (C=N–C) groups is 1. The number of rotatable bonds is 6. The van der Waals surface area contributed by atoms with Crippen molar-refractivity contribution < 1.29 is 4.84 Å². The molecule has 0 amide bonds. The smallest absolute Gasteiger partial charge is 0.158 e. The molecule has 0 radical (unpaired) electrons. The monoisotopic (exact) mass is 448 g/mol. The highest BCUT2D eigenvalue weighted by Gasteiger charge is 2.24. The van der Waals surface area contributed by atoms with Gasteiger partial charge in [0.2, 0.25) is 0 Å². The fraction of sp³-hybridized carbons (Fsp3) is 0.172. The summed E-state index contributed by atoms with van der Waals surface area (Å²) in [7, 11) is 0. The van der Waals surface area contributed by atoms with Crippen LogP contribution in [0.4, 0.5) is 0 Å². The van der Waals surface area contributed by atoms with Crippen LogP contribution in [0.2, 0.25) is 0 Å². The zero-order valence-electron chi connectivity index (χ0n) is 19.1. The third-order valence-corrected chi connectivity index (χ3v) is 5.77. The van der Waals surface area contributed by atoms with Crippen molar-refractivity contribution in [1.29, 1.82) is 0 Å². The summed E-state index contributed by atoms with van der Waals surface area (Å²) < 4.78 is 0. The Morgan fingerprint density at radius 2 is 1.68 bits per heavy atom. The van der Waals surface area contributed by atoms with Crippen molar-refractivity contribution in [2.24, 2.45) is 10.1 Å². The predicted octanol–water partition coefficient (Wildman–Crippen LogP) is 5.93. The van der Waals surface area contributed by atoms with Crippen molar-refractivity contribution >= 4 is 11.4 Å². The van der Waals surface area contributed by atoms with Gasteiger partial charge in [-0.15, -0.1) is 0 Å². The van der Waals surface area contributed by atoms with Crippen molar-refractivity contribution in [3.05, 3.63) is 133 Å². The Bertz CT molecular complexity index is 1180. The third kappa shape index (κ3) is 5.81. The first-order valence-corrected chi connectivity index (χ1v) is 11.4. The van der Waals surface area contributed by atoms with Crippen LogP contribution in [0.3, 0.4) is 0 Å². The molecule has 2 aliphatic heterocycles. The topological polar surface area (TPSA) is 59.7 Å². The highest BCUT2D eigenvalue weighted by molar-refractivity contribution is 6.02. The maximum Gasteiger partial charge on any atom is 0.158 e. The number of pyridine rings is 2. The first-order chi connectivity index (χ1) is 16.8. The predicted molar refractivity (Wildman–Crippen MR) is 138 cm³/mol. The van der Waals surface area contributed by atoms with Gasteiger partial charge in [0.25, 0.3) is 0 Å². The second-order valence-corrected chi connectivity index (χ2v) is 7.99. The summed E-state index contributed by atoms with van der Waals surface area (Å²) in [4.78, 5) is 18.3. The van der Waals surface area contributed by atoms with Crippen LogP contribution in [0.1, 0.15) is 35.6 Å². The van der Waals surface area contributed by atoms with Gasteiger partial charge >= 0.3 is 0 Å². The number of oxime groups is 1. The summed E-state index contributed by atoms with van der Waals surface area (Å²) >= 11 is 0. The van der Waals surface area contributed by atoms with Crippen molar-refractivity contribution in [3.63, 3.8) is 0 Å². The van der Waals surface area contributed by atoms with Gasteiger partial charge in [0.05, 0.1) is 5.69 Å². The molecule has 170 valence electrons. The van der Waals surface area contributed by atoms with E-state index in [4.69, 9.17) is 4.84 Å². The number of aromatic nitrogens is 2. The molecule has 5 nitrogen and oxygen atoms in total. The average molecular weight is 449 g/mol. The van der Waals surface area contributed by atoms with E-state index in [0.29, 0.717) is 12.3 Å². The van der Waals surface area contributed by atoms with Gasteiger partial charge < -0.3 is 4.84 Å². The van der Waals surface area contributed by atoms with Gasteiger partial charge in [-0.3, -0.25) is 15.0 Å². The maximum absolute atomic E-state index is 5.39. The highest BCUT2D eigenvalue weighted by atomic mass is 16.6. The molecule has 2 aromatic heterocycles. The Kier molecular flexibility index (Phi) is 7.90. The molecule has 0 fully saturated rings. The lowest BCUT2D eigenvalue weighted by molar-refractivity contribution is 0.114. The zero-order valence-corrected chi connectivity index (χ0v) is 19.1. The molecule has 3 aromatic rings. The molecule has 0 N–H and O–H groups in total. The summed E-state index contributed by atoms with van der Waals surface area (Å²) in [5.41, 5.74) is 6.51. The number of nitrogens with zero attached hydrogens (tertiary/aromatic N) is 4. The molecular formula is C29H28N4O. The van der Waals surface area contributed by atoms with Crippen LogP contribution < -0.4 is 0 Å². The Labute approximate surface area is 201 Å². The van der Waals surface area contributed by atoms with E-state index in [2.05, 4.69) is 63.6 Å². The lowest BCUT2D eigenvalue weighted by Crippen LogP contribution is -2.11. The summed E-state index contributed by atoms with van der Waals surface area (Å²) in [6.45, 7) is 8.33. The summed E-state index contributed by atoms with van der Waals surface area (Å²) in [5.74, 6) is 0.541. The van der Waals surface area contributed by atoms with Crippen LogP contribution in [-0.2, 0) is 4.84 Å². The summed E-state index contributed by atoms with van der Waals surface area (Å²) in [6.07, 6.45) is 12.4. The van der Waals surface area contributed by atoms with E-state index in [1.807, 2.05) is 48.8 Å². The Morgan fingerprint density at radius 1 is 0.882 bits per heavy atom. The SMILES string of the molecule is C=C/C=C(\C=C)C1CC(c2ccccn2)=NO1.c1ccc(C2CN=C(c3ccncc3)C2)cc1. The van der Waals surface area contributed by atoms with Gasteiger partial charge in [-0.05, 0) is 47.4 Å². The lowest BCUT2D eigenvalue weighted by Gasteiger charge is -2.08. The van der Waals surface area contributed by atoms with Crippen LogP contribution in [0.5, 0.6) is 0 Å². The second kappa shape index (κ2) is 11.7. The Balaban J connectivity index is 0.000000161. The van der Waals surface area contributed by atoms with Crippen LogP contribution in [-0.4, -0.2) is 34.0 Å². The van der Waals surface area contributed by atoms with E-state index in [1.165, 1.54) is 16.8 Å². The van der Waals surface area contributed by atoms with Gasteiger partial charge in [0, 0.05) is 43.2 Å². The van der Waals surface area contributed by atoms with Gasteiger partial charge in [0.1, 0.15) is 5.71 Å². The molecule has 0 saturated carbocycles. The van der Waals surface area contributed by atoms with Gasteiger partial charge in [0.15, 0.2) is 6.10 Å². The second-order valence-electron chi connectivity index (χ2n) is 7.99. The minimum atomic E-state index is -0.0810. The highest BCUT2D eigenvalue weighted by Crippen LogP contribution is 2.27. The van der Waals surface area contributed by atoms with Crippen molar-refractivity contribution in [2.45, 2.75) is 24.9 Å². The molecule has 2 unspecified atom stereocenters. The van der Waals surface area contributed by atoms with Gasteiger partial charge in [-0.25, -0.2) is 0 Å². The third-order valence-electron chi connectivity index (χ3n) is 5.77. The van der Waals surface area contributed by atoms with Crippen molar-refractivity contribution in [1.82, 2.24) is 9.97 Å². The van der Waals surface area contributed by atoms with E-state index >= 15 is 0 Å². The maximum atomic E-state index is 5.39. The lowest BCUT2D eigenvalue weighted by atomic mass is 9.94. The molecule has 5 rings (SSSR count). The standard InChI is InChI=1S/C15H14N2.C14H14N2O/c1-2-4-12(5-3-1)14-10-15(17-11-14)13-6-8-16-9-7-13;1-3-7-11(4-2)14-10-13(16-17-14)12-8-5-6-9-15-12/h1-9,14H,10-11H2;3-9,14H,1-2,10H2/b;11-7+. The summed E-state index contributed by atoms with van der Waals surface area (Å²) in [6, 6.07) is 20.4. The molecule has 34 heavy (non-hydrogen) atoms. The molecule has 2 aliphatic rings. The van der Waals surface area contributed by atoms with E-state index < -0.39 is 0 Å². The number of hydrogen-bond acceptors (Lipinski definition) is 5. The quantitative estimate of drug-likeness (QED) is 0.439.